The third kappa shape index (κ3) is 3.88. The molecule has 0 fully saturated rings. The van der Waals surface area contributed by atoms with E-state index in [4.69, 9.17) is 9.47 Å². The molecule has 0 saturated carbocycles. The van der Waals surface area contributed by atoms with E-state index in [2.05, 4.69) is 4.98 Å². The van der Waals surface area contributed by atoms with Crippen molar-refractivity contribution in [1.29, 1.82) is 0 Å². The van der Waals surface area contributed by atoms with E-state index in [1.165, 1.54) is 0 Å². The maximum absolute atomic E-state index is 12.7. The van der Waals surface area contributed by atoms with Crippen LogP contribution < -0.4 is 9.47 Å². The molecule has 0 radical (unpaired) electrons. The van der Waals surface area contributed by atoms with Crippen LogP contribution in [-0.4, -0.2) is 43.1 Å². The average molecular weight is 336 g/mol. The van der Waals surface area contributed by atoms with Gasteiger partial charge in [-0.2, -0.15) is 0 Å². The fraction of sp³-hybridized carbons (Fsp3) is 0.200. The van der Waals surface area contributed by atoms with Crippen molar-refractivity contribution < 1.29 is 14.3 Å². The van der Waals surface area contributed by atoms with Gasteiger partial charge in [0.25, 0.3) is 5.91 Å². The van der Waals surface area contributed by atoms with Crippen molar-refractivity contribution >= 4 is 16.8 Å². The molecule has 0 saturated heterocycles. The zero-order valence-electron chi connectivity index (χ0n) is 14.3. The topological polar surface area (TPSA) is 51.7 Å². The zero-order chi connectivity index (χ0) is 17.6. The van der Waals surface area contributed by atoms with Gasteiger partial charge in [0.1, 0.15) is 18.1 Å². The summed E-state index contributed by atoms with van der Waals surface area (Å²) in [6, 6.07) is 16.8. The van der Waals surface area contributed by atoms with E-state index in [9.17, 15) is 4.79 Å². The monoisotopic (exact) mass is 336 g/mol. The van der Waals surface area contributed by atoms with Crippen LogP contribution in [-0.2, 0) is 0 Å². The Labute approximate surface area is 146 Å². The highest BCUT2D eigenvalue weighted by Gasteiger charge is 2.14. The molecule has 5 heteroatoms. The fourth-order valence-corrected chi connectivity index (χ4v) is 2.56. The molecular formula is C20H20N2O3. The van der Waals surface area contributed by atoms with Gasteiger partial charge in [-0.3, -0.25) is 9.78 Å². The van der Waals surface area contributed by atoms with Crippen molar-refractivity contribution in [1.82, 2.24) is 9.88 Å². The van der Waals surface area contributed by atoms with E-state index < -0.39 is 0 Å². The molecule has 1 aromatic heterocycles. The van der Waals surface area contributed by atoms with Crippen LogP contribution in [0.4, 0.5) is 0 Å². The quantitative estimate of drug-likeness (QED) is 0.692. The fourth-order valence-electron chi connectivity index (χ4n) is 2.56. The molecule has 0 unspecified atom stereocenters. The molecule has 2 aromatic carbocycles. The standard InChI is InChI=1S/C20H20N2O3/c1-22(13-14-25-16-9-7-15(24-2)8-10-16)20(23)18-11-12-21-19-6-4-3-5-17(18)19/h3-12H,13-14H2,1-2H3. The van der Waals surface area contributed by atoms with Gasteiger partial charge in [0.05, 0.1) is 24.7 Å². The van der Waals surface area contributed by atoms with Crippen LogP contribution in [0, 0.1) is 0 Å². The first kappa shape index (κ1) is 16.8. The van der Waals surface area contributed by atoms with Crippen molar-refractivity contribution in [3.63, 3.8) is 0 Å². The normalized spacial score (nSPS) is 10.5. The van der Waals surface area contributed by atoms with Crippen molar-refractivity contribution in [3.05, 3.63) is 66.4 Å². The predicted molar refractivity (Wildman–Crippen MR) is 97.2 cm³/mol. The Morgan fingerprint density at radius 3 is 2.52 bits per heavy atom. The van der Waals surface area contributed by atoms with E-state index in [1.54, 1.807) is 31.3 Å². The smallest absolute Gasteiger partial charge is 0.254 e. The highest BCUT2D eigenvalue weighted by molar-refractivity contribution is 6.05. The SMILES string of the molecule is COc1ccc(OCCN(C)C(=O)c2ccnc3ccccc23)cc1. The molecule has 1 heterocycles. The lowest BCUT2D eigenvalue weighted by molar-refractivity contribution is 0.0775. The molecule has 128 valence electrons. The lowest BCUT2D eigenvalue weighted by Crippen LogP contribution is -2.31. The predicted octanol–water partition coefficient (Wildman–Crippen LogP) is 3.39. The summed E-state index contributed by atoms with van der Waals surface area (Å²) in [5, 5.41) is 0.859. The van der Waals surface area contributed by atoms with Crippen molar-refractivity contribution in [3.8, 4) is 11.5 Å². The third-order valence-corrected chi connectivity index (χ3v) is 3.98. The number of para-hydroxylation sites is 1. The first-order valence-corrected chi connectivity index (χ1v) is 8.05. The zero-order valence-corrected chi connectivity index (χ0v) is 14.3. The number of likely N-dealkylation sites (N-methyl/N-ethyl adjacent to an activating group) is 1. The lowest BCUT2D eigenvalue weighted by atomic mass is 10.1. The van der Waals surface area contributed by atoms with E-state index in [-0.39, 0.29) is 5.91 Å². The Hall–Kier alpha value is -3.08. The second-order valence-corrected chi connectivity index (χ2v) is 5.63. The largest absolute Gasteiger partial charge is 0.497 e. The Bertz CT molecular complexity index is 857. The van der Waals surface area contributed by atoms with Crippen LogP contribution in [0.5, 0.6) is 11.5 Å². The molecule has 25 heavy (non-hydrogen) atoms. The van der Waals surface area contributed by atoms with Gasteiger partial charge in [0, 0.05) is 18.6 Å². The molecule has 0 bridgehead atoms. The number of nitrogens with zero attached hydrogens (tertiary/aromatic N) is 2. The van der Waals surface area contributed by atoms with Crippen LogP contribution in [0.1, 0.15) is 10.4 Å². The molecule has 0 N–H and O–H groups in total. The summed E-state index contributed by atoms with van der Waals surface area (Å²) in [6.07, 6.45) is 1.66. The van der Waals surface area contributed by atoms with Crippen LogP contribution >= 0.6 is 0 Å². The molecular weight excluding hydrogens is 316 g/mol. The number of rotatable bonds is 6. The minimum absolute atomic E-state index is 0.0445. The summed E-state index contributed by atoms with van der Waals surface area (Å²) in [5.41, 5.74) is 1.47. The molecule has 3 rings (SSSR count). The van der Waals surface area contributed by atoms with E-state index in [0.29, 0.717) is 18.7 Å². The summed E-state index contributed by atoms with van der Waals surface area (Å²) < 4.78 is 10.8. The second-order valence-electron chi connectivity index (χ2n) is 5.63. The molecule has 0 aliphatic rings. The number of pyridine rings is 1. The highest BCUT2D eigenvalue weighted by Crippen LogP contribution is 2.18. The number of benzene rings is 2. The van der Waals surface area contributed by atoms with Crippen molar-refractivity contribution in [2.45, 2.75) is 0 Å². The van der Waals surface area contributed by atoms with Gasteiger partial charge in [-0.05, 0) is 36.4 Å². The first-order valence-electron chi connectivity index (χ1n) is 8.05. The highest BCUT2D eigenvalue weighted by atomic mass is 16.5. The van der Waals surface area contributed by atoms with Gasteiger partial charge in [-0.15, -0.1) is 0 Å². The van der Waals surface area contributed by atoms with Gasteiger partial charge in [-0.1, -0.05) is 18.2 Å². The number of fused-ring (bicyclic) bond motifs is 1. The summed E-state index contributed by atoms with van der Waals surface area (Å²) in [7, 11) is 3.40. The first-order chi connectivity index (χ1) is 12.2. The molecule has 0 aliphatic carbocycles. The van der Waals surface area contributed by atoms with Gasteiger partial charge in [0.15, 0.2) is 0 Å². The molecule has 5 nitrogen and oxygen atoms in total. The maximum atomic E-state index is 12.7. The molecule has 3 aromatic rings. The number of hydrogen-bond donors (Lipinski definition) is 0. The third-order valence-electron chi connectivity index (χ3n) is 3.98. The number of ether oxygens (including phenoxy) is 2. The minimum Gasteiger partial charge on any atom is -0.497 e. The van der Waals surface area contributed by atoms with E-state index >= 15 is 0 Å². The molecule has 0 atom stereocenters. The number of hydrogen-bond acceptors (Lipinski definition) is 4. The van der Waals surface area contributed by atoms with Crippen LogP contribution in [0.25, 0.3) is 10.9 Å². The van der Waals surface area contributed by atoms with Gasteiger partial charge in [0.2, 0.25) is 0 Å². The molecule has 0 spiro atoms. The number of carbonyl (C=O) groups excluding carboxylic acids is 1. The lowest BCUT2D eigenvalue weighted by Gasteiger charge is -2.18. The van der Waals surface area contributed by atoms with Crippen LogP contribution in [0.15, 0.2) is 60.8 Å². The van der Waals surface area contributed by atoms with Crippen molar-refractivity contribution in [2.24, 2.45) is 0 Å². The maximum Gasteiger partial charge on any atom is 0.254 e. The Morgan fingerprint density at radius 2 is 1.76 bits per heavy atom. The van der Waals surface area contributed by atoms with E-state index in [0.717, 1.165) is 22.4 Å². The molecule has 1 amide bonds. The van der Waals surface area contributed by atoms with Crippen molar-refractivity contribution in [2.75, 3.05) is 27.3 Å². The minimum atomic E-state index is -0.0445. The van der Waals surface area contributed by atoms with Crippen LogP contribution in [0.3, 0.4) is 0 Å². The number of methoxy groups -OCH3 is 1. The summed E-state index contributed by atoms with van der Waals surface area (Å²) in [5.74, 6) is 1.48. The number of amides is 1. The number of aromatic nitrogens is 1. The Balaban J connectivity index is 1.62. The Morgan fingerprint density at radius 1 is 1.04 bits per heavy atom. The van der Waals surface area contributed by atoms with Crippen LogP contribution in [0.2, 0.25) is 0 Å². The Kier molecular flexibility index (Phi) is 5.14. The summed E-state index contributed by atoms with van der Waals surface area (Å²) in [6.45, 7) is 0.902. The summed E-state index contributed by atoms with van der Waals surface area (Å²) >= 11 is 0. The average Bonchev–Trinajstić information content (AvgIpc) is 2.67. The second kappa shape index (κ2) is 7.66. The molecule has 0 aliphatic heterocycles. The number of carbonyl (C=O) groups is 1. The van der Waals surface area contributed by atoms with E-state index in [1.807, 2.05) is 48.5 Å². The summed E-state index contributed by atoms with van der Waals surface area (Å²) in [4.78, 5) is 18.7. The van der Waals surface area contributed by atoms with Gasteiger partial charge >= 0.3 is 0 Å². The van der Waals surface area contributed by atoms with Gasteiger partial charge in [-0.25, -0.2) is 0 Å². The van der Waals surface area contributed by atoms with Gasteiger partial charge < -0.3 is 14.4 Å².